The first-order valence-corrected chi connectivity index (χ1v) is 29.9. The number of ether oxygens (including phenoxy) is 4. The smallest absolute Gasteiger partial charge is 0.306 e. The van der Waals surface area contributed by atoms with E-state index in [2.05, 4.69) is 26.0 Å². The topological polar surface area (TPSA) is 186 Å². The summed E-state index contributed by atoms with van der Waals surface area (Å²) < 4.78 is 54.4. The highest BCUT2D eigenvalue weighted by molar-refractivity contribution is 7.85. The van der Waals surface area contributed by atoms with Crippen molar-refractivity contribution >= 4 is 22.1 Å². The summed E-state index contributed by atoms with van der Waals surface area (Å²) in [7, 11) is -4.60. The zero-order chi connectivity index (χ0) is 49.8. The van der Waals surface area contributed by atoms with E-state index in [0.29, 0.717) is 12.8 Å². The molecule has 1 rings (SSSR count). The molecule has 0 aliphatic carbocycles. The number of rotatable bonds is 49. The molecule has 12 nitrogen and oxygen atoms in total. The second-order valence-electron chi connectivity index (χ2n) is 20.0. The van der Waals surface area contributed by atoms with Crippen molar-refractivity contribution in [2.45, 2.75) is 307 Å². The number of aliphatic hydroxyl groups is 3. The van der Waals surface area contributed by atoms with E-state index in [9.17, 15) is 37.9 Å². The van der Waals surface area contributed by atoms with Gasteiger partial charge in [-0.3, -0.25) is 14.1 Å². The fourth-order valence-corrected chi connectivity index (χ4v) is 9.66. The first-order chi connectivity index (χ1) is 33.0. The van der Waals surface area contributed by atoms with Crippen LogP contribution in [-0.2, 0) is 38.7 Å². The lowest BCUT2D eigenvalue weighted by Gasteiger charge is -2.40. The van der Waals surface area contributed by atoms with Gasteiger partial charge >= 0.3 is 11.9 Å². The fourth-order valence-electron chi connectivity index (χ4n) is 8.97. The molecule has 0 aromatic carbocycles. The Balaban J connectivity index is 2.31. The molecule has 1 aliphatic rings. The summed E-state index contributed by atoms with van der Waals surface area (Å²) >= 11 is 0. The summed E-state index contributed by atoms with van der Waals surface area (Å²) in [4.78, 5) is 25.6. The number of carbonyl (C=O) groups excluding carboxylic acids is 2. The number of esters is 2. The van der Waals surface area contributed by atoms with Gasteiger partial charge in [0.05, 0.1) is 6.61 Å². The normalized spacial score (nSPS) is 19.2. The second-order valence-corrected chi connectivity index (χ2v) is 21.5. The third-order valence-corrected chi connectivity index (χ3v) is 14.1. The zero-order valence-electron chi connectivity index (χ0n) is 43.5. The number of unbranched alkanes of at least 4 members (excludes halogenated alkanes) is 35. The van der Waals surface area contributed by atoms with E-state index in [0.717, 1.165) is 38.5 Å². The van der Waals surface area contributed by atoms with Crippen LogP contribution in [0.3, 0.4) is 0 Å². The van der Waals surface area contributed by atoms with Crippen molar-refractivity contribution in [2.75, 3.05) is 19.0 Å². The monoisotopic (exact) mass is 989 g/mol. The average Bonchev–Trinajstić information content (AvgIpc) is 3.31. The highest BCUT2D eigenvalue weighted by Crippen LogP contribution is 2.24. The third kappa shape index (κ3) is 39.1. The predicted molar refractivity (Wildman–Crippen MR) is 275 cm³/mol. The van der Waals surface area contributed by atoms with E-state index in [1.165, 1.54) is 193 Å². The molecule has 1 aliphatic heterocycles. The lowest BCUT2D eigenvalue weighted by molar-refractivity contribution is -0.297. The predicted octanol–water partition coefficient (Wildman–Crippen LogP) is 13.4. The van der Waals surface area contributed by atoms with Crippen LogP contribution in [-0.4, -0.2) is 96.0 Å². The van der Waals surface area contributed by atoms with Crippen LogP contribution in [0.1, 0.15) is 271 Å². The van der Waals surface area contributed by atoms with Crippen LogP contribution in [0.4, 0.5) is 0 Å². The Bertz CT molecular complexity index is 1300. The molecule has 0 aromatic rings. The molecule has 6 atom stereocenters. The molecule has 402 valence electrons. The van der Waals surface area contributed by atoms with E-state index in [1.807, 2.05) is 0 Å². The molecule has 68 heavy (non-hydrogen) atoms. The molecule has 1 saturated heterocycles. The Morgan fingerprint density at radius 3 is 1.22 bits per heavy atom. The van der Waals surface area contributed by atoms with Gasteiger partial charge in [0.15, 0.2) is 12.4 Å². The maximum atomic E-state index is 12.9. The van der Waals surface area contributed by atoms with Crippen molar-refractivity contribution < 1.29 is 56.8 Å². The van der Waals surface area contributed by atoms with Gasteiger partial charge in [-0.25, -0.2) is 0 Å². The summed E-state index contributed by atoms with van der Waals surface area (Å²) in [6.07, 6.45) is 42.5. The minimum atomic E-state index is -4.60. The largest absolute Gasteiger partial charge is 0.462 e. The number of allylic oxidation sites excluding steroid dienone is 2. The first-order valence-electron chi connectivity index (χ1n) is 28.2. The molecule has 1 heterocycles. The van der Waals surface area contributed by atoms with E-state index >= 15 is 0 Å². The molecule has 6 unspecified atom stereocenters. The molecule has 0 spiro atoms. The Hall–Kier alpha value is -1.61. The highest BCUT2D eigenvalue weighted by atomic mass is 32.2. The van der Waals surface area contributed by atoms with Crippen LogP contribution in [0.25, 0.3) is 0 Å². The van der Waals surface area contributed by atoms with E-state index in [-0.39, 0.29) is 19.4 Å². The van der Waals surface area contributed by atoms with Gasteiger partial charge in [0.1, 0.15) is 36.8 Å². The second kappa shape index (κ2) is 45.3. The summed E-state index contributed by atoms with van der Waals surface area (Å²) in [6, 6.07) is 0. The van der Waals surface area contributed by atoms with Crippen molar-refractivity contribution in [3.8, 4) is 0 Å². The maximum Gasteiger partial charge on any atom is 0.306 e. The Kier molecular flexibility index (Phi) is 42.9. The lowest BCUT2D eigenvalue weighted by Crippen LogP contribution is -2.60. The van der Waals surface area contributed by atoms with Crippen LogP contribution in [0.2, 0.25) is 0 Å². The summed E-state index contributed by atoms with van der Waals surface area (Å²) in [5, 5.41) is 31.0. The average molecular weight is 989 g/mol. The quantitative estimate of drug-likeness (QED) is 0.0196. The molecular formula is C55H104O12S. The van der Waals surface area contributed by atoms with Crippen molar-refractivity contribution in [3.63, 3.8) is 0 Å². The maximum absolute atomic E-state index is 12.9. The Morgan fingerprint density at radius 2 is 0.838 bits per heavy atom. The molecule has 0 amide bonds. The van der Waals surface area contributed by atoms with Crippen molar-refractivity contribution in [1.29, 1.82) is 0 Å². The first kappa shape index (κ1) is 64.4. The van der Waals surface area contributed by atoms with Crippen LogP contribution in [0.15, 0.2) is 12.2 Å². The Labute approximate surface area is 416 Å². The highest BCUT2D eigenvalue weighted by Gasteiger charge is 2.46. The van der Waals surface area contributed by atoms with Gasteiger partial charge in [0.2, 0.25) is 0 Å². The van der Waals surface area contributed by atoms with Gasteiger partial charge in [-0.1, -0.05) is 231 Å². The zero-order valence-corrected chi connectivity index (χ0v) is 44.3. The lowest BCUT2D eigenvalue weighted by atomic mass is 10.00. The molecule has 0 bridgehead atoms. The number of hydrogen-bond donors (Lipinski definition) is 4. The number of aliphatic hydroxyl groups excluding tert-OH is 3. The van der Waals surface area contributed by atoms with E-state index in [1.54, 1.807) is 0 Å². The molecule has 1 fully saturated rings. The minimum Gasteiger partial charge on any atom is -0.462 e. The fraction of sp³-hybridized carbons (Fsp3) is 0.927. The summed E-state index contributed by atoms with van der Waals surface area (Å²) in [6.45, 7) is 3.82. The van der Waals surface area contributed by atoms with Gasteiger partial charge < -0.3 is 34.3 Å². The van der Waals surface area contributed by atoms with Crippen molar-refractivity contribution in [3.05, 3.63) is 12.2 Å². The Morgan fingerprint density at radius 1 is 0.485 bits per heavy atom. The number of carbonyl (C=O) groups is 2. The van der Waals surface area contributed by atoms with Crippen LogP contribution in [0, 0.1) is 0 Å². The van der Waals surface area contributed by atoms with Gasteiger partial charge in [0.25, 0.3) is 10.1 Å². The summed E-state index contributed by atoms with van der Waals surface area (Å²) in [5.74, 6) is -1.96. The molecular weight excluding hydrogens is 885 g/mol. The molecule has 0 saturated carbocycles. The minimum absolute atomic E-state index is 0.169. The van der Waals surface area contributed by atoms with Gasteiger partial charge in [-0.15, -0.1) is 0 Å². The number of hydrogen-bond acceptors (Lipinski definition) is 11. The standard InChI is InChI=1S/C55H104O12S/c1-3-5-7-9-11-13-15-17-19-21-22-23-24-25-26-28-30-32-34-36-38-40-42-44-51(57)66-48(46-65-55-54(60)53(59)52(58)49(67-55)47-68(61,62)63)45-64-50(56)43-41-39-37-35-33-31-29-27-20-18-16-14-12-10-8-6-4-2/h21-22,48-49,52-55,58-60H,3-20,23-47H2,1-2H3,(H,61,62,63)/b22-21-. The summed E-state index contributed by atoms with van der Waals surface area (Å²) in [5.41, 5.74) is 0. The molecule has 0 aromatic heterocycles. The van der Waals surface area contributed by atoms with Gasteiger partial charge in [-0.05, 0) is 38.5 Å². The van der Waals surface area contributed by atoms with Crippen LogP contribution < -0.4 is 0 Å². The van der Waals surface area contributed by atoms with Crippen LogP contribution in [0.5, 0.6) is 0 Å². The molecule has 4 N–H and O–H groups in total. The van der Waals surface area contributed by atoms with Crippen LogP contribution >= 0.6 is 0 Å². The van der Waals surface area contributed by atoms with Crippen molar-refractivity contribution in [2.24, 2.45) is 0 Å². The third-order valence-electron chi connectivity index (χ3n) is 13.3. The molecule has 13 heteroatoms. The van der Waals surface area contributed by atoms with Crippen molar-refractivity contribution in [1.82, 2.24) is 0 Å². The van der Waals surface area contributed by atoms with Gasteiger partial charge in [0, 0.05) is 12.8 Å². The van der Waals surface area contributed by atoms with Gasteiger partial charge in [-0.2, -0.15) is 8.42 Å². The van der Waals surface area contributed by atoms with E-state index < -0.39 is 71.2 Å². The molecule has 0 radical (unpaired) electrons. The van der Waals surface area contributed by atoms with E-state index in [4.69, 9.17) is 18.9 Å². The SMILES string of the molecule is CCCCCCCCCC/C=C\CCCCCCCCCCCCCC(=O)OC(COC(=O)CCCCCCCCCCCCCCCCCCC)COC1OC(CS(=O)(=O)O)C(O)C(O)C1O.